The molecule has 1 heterocycles. The van der Waals surface area contributed by atoms with Crippen LogP contribution in [0.1, 0.15) is 40.5 Å². The van der Waals surface area contributed by atoms with E-state index < -0.39 is 17.9 Å². The third kappa shape index (κ3) is 3.46. The van der Waals surface area contributed by atoms with Gasteiger partial charge in [0, 0.05) is 6.04 Å². The zero-order chi connectivity index (χ0) is 13.2. The molecule has 0 aliphatic carbocycles. The van der Waals surface area contributed by atoms with Crippen molar-refractivity contribution in [2.24, 2.45) is 5.92 Å². The number of rotatable bonds is 2. The predicted molar refractivity (Wildman–Crippen MR) is 66.5 cm³/mol. The first-order valence-corrected chi connectivity index (χ1v) is 6.06. The molecule has 1 amide bonds. The van der Waals surface area contributed by atoms with Gasteiger partial charge in [-0.3, -0.25) is 4.90 Å². The van der Waals surface area contributed by atoms with Gasteiger partial charge < -0.3 is 9.84 Å². The van der Waals surface area contributed by atoms with Crippen LogP contribution in [0.4, 0.5) is 4.79 Å². The van der Waals surface area contributed by atoms with Gasteiger partial charge >= 0.3 is 6.09 Å². The SMILES string of the molecule is C=CC[C@H]1C[C@H](O)N(C(=O)OC(C)(C)C)C1C. The maximum absolute atomic E-state index is 11.9. The van der Waals surface area contributed by atoms with Crippen molar-refractivity contribution in [1.82, 2.24) is 4.90 Å². The Hall–Kier alpha value is -1.03. The lowest BCUT2D eigenvalue weighted by Gasteiger charge is -2.29. The molecule has 1 aliphatic rings. The summed E-state index contributed by atoms with van der Waals surface area (Å²) in [6.07, 6.45) is 2.03. The Balaban J connectivity index is 2.70. The molecule has 0 bridgehead atoms. The molecule has 1 N–H and O–H groups in total. The lowest BCUT2D eigenvalue weighted by molar-refractivity contribution is -0.0226. The molecule has 1 unspecified atom stereocenters. The fourth-order valence-corrected chi connectivity index (χ4v) is 2.19. The summed E-state index contributed by atoms with van der Waals surface area (Å²) in [6, 6.07) is -0.0159. The van der Waals surface area contributed by atoms with E-state index in [2.05, 4.69) is 6.58 Å². The second-order valence-corrected chi connectivity index (χ2v) is 5.63. The third-order valence-electron chi connectivity index (χ3n) is 3.03. The minimum atomic E-state index is -0.746. The molecule has 4 nitrogen and oxygen atoms in total. The lowest BCUT2D eigenvalue weighted by Crippen LogP contribution is -2.43. The fourth-order valence-electron chi connectivity index (χ4n) is 2.19. The van der Waals surface area contributed by atoms with Crippen LogP contribution >= 0.6 is 0 Å². The summed E-state index contributed by atoms with van der Waals surface area (Å²) >= 11 is 0. The van der Waals surface area contributed by atoms with Crippen LogP contribution in [0.3, 0.4) is 0 Å². The fraction of sp³-hybridized carbons (Fsp3) is 0.769. The standard InChI is InChI=1S/C13H23NO3/c1-6-7-10-8-11(15)14(9(10)2)12(16)17-13(3,4)5/h6,9-11,15H,1,7-8H2,2-5H3/t9?,10-,11-/m0/s1. The Bertz CT molecular complexity index is 296. The molecule has 4 heteroatoms. The second kappa shape index (κ2) is 5.08. The molecular weight excluding hydrogens is 218 g/mol. The second-order valence-electron chi connectivity index (χ2n) is 5.63. The minimum absolute atomic E-state index is 0.0159. The molecule has 0 aromatic heterocycles. The Morgan fingerprint density at radius 1 is 1.59 bits per heavy atom. The van der Waals surface area contributed by atoms with E-state index >= 15 is 0 Å². The molecule has 1 saturated heterocycles. The van der Waals surface area contributed by atoms with E-state index in [0.29, 0.717) is 6.42 Å². The lowest BCUT2D eigenvalue weighted by atomic mass is 9.98. The van der Waals surface area contributed by atoms with Crippen LogP contribution in [-0.4, -0.2) is 34.0 Å². The molecule has 0 radical (unpaired) electrons. The number of amides is 1. The van der Waals surface area contributed by atoms with E-state index in [0.717, 1.165) is 6.42 Å². The van der Waals surface area contributed by atoms with Crippen molar-refractivity contribution in [2.45, 2.75) is 58.4 Å². The van der Waals surface area contributed by atoms with Gasteiger partial charge in [-0.1, -0.05) is 6.08 Å². The molecule has 1 aliphatic heterocycles. The van der Waals surface area contributed by atoms with E-state index in [9.17, 15) is 9.90 Å². The first kappa shape index (κ1) is 14.0. The largest absolute Gasteiger partial charge is 0.444 e. The van der Waals surface area contributed by atoms with Gasteiger partial charge in [-0.2, -0.15) is 0 Å². The molecule has 0 spiro atoms. The normalized spacial score (nSPS) is 29.2. The molecule has 0 aromatic carbocycles. The van der Waals surface area contributed by atoms with Gasteiger partial charge in [0.15, 0.2) is 0 Å². The number of carbonyl (C=O) groups excluding carboxylic acids is 1. The van der Waals surface area contributed by atoms with Crippen LogP contribution in [0.2, 0.25) is 0 Å². The van der Waals surface area contributed by atoms with Crippen molar-refractivity contribution < 1.29 is 14.6 Å². The van der Waals surface area contributed by atoms with Crippen LogP contribution in [0.15, 0.2) is 12.7 Å². The van der Waals surface area contributed by atoms with Crippen molar-refractivity contribution >= 4 is 6.09 Å². The van der Waals surface area contributed by atoms with E-state index in [1.54, 1.807) is 0 Å². The van der Waals surface area contributed by atoms with Crippen molar-refractivity contribution in [3.05, 3.63) is 12.7 Å². The number of nitrogens with zero attached hydrogens (tertiary/aromatic N) is 1. The number of aliphatic hydroxyl groups excluding tert-OH is 1. The van der Waals surface area contributed by atoms with Crippen LogP contribution in [-0.2, 0) is 4.74 Å². The highest BCUT2D eigenvalue weighted by molar-refractivity contribution is 5.69. The Morgan fingerprint density at radius 3 is 2.65 bits per heavy atom. The smallest absolute Gasteiger partial charge is 0.412 e. The number of hydrogen-bond acceptors (Lipinski definition) is 3. The van der Waals surface area contributed by atoms with Gasteiger partial charge in [-0.15, -0.1) is 6.58 Å². The quantitative estimate of drug-likeness (QED) is 0.756. The Morgan fingerprint density at radius 2 is 2.18 bits per heavy atom. The van der Waals surface area contributed by atoms with Crippen molar-refractivity contribution in [2.75, 3.05) is 0 Å². The summed E-state index contributed by atoms with van der Waals surface area (Å²) in [6.45, 7) is 11.1. The van der Waals surface area contributed by atoms with Gasteiger partial charge in [-0.25, -0.2) is 4.79 Å². The molecule has 1 fully saturated rings. The number of carbonyl (C=O) groups is 1. The maximum atomic E-state index is 11.9. The summed E-state index contributed by atoms with van der Waals surface area (Å²) < 4.78 is 5.29. The van der Waals surface area contributed by atoms with Crippen LogP contribution in [0.5, 0.6) is 0 Å². The molecule has 0 saturated carbocycles. The third-order valence-corrected chi connectivity index (χ3v) is 3.03. The van der Waals surface area contributed by atoms with E-state index in [1.165, 1.54) is 4.90 Å². The number of ether oxygens (including phenoxy) is 1. The summed E-state index contributed by atoms with van der Waals surface area (Å²) in [7, 11) is 0. The summed E-state index contributed by atoms with van der Waals surface area (Å²) in [5.74, 6) is 0.259. The number of allylic oxidation sites excluding steroid dienone is 1. The minimum Gasteiger partial charge on any atom is -0.444 e. The zero-order valence-corrected chi connectivity index (χ0v) is 11.1. The Kier molecular flexibility index (Phi) is 4.20. The zero-order valence-electron chi connectivity index (χ0n) is 11.1. The van der Waals surface area contributed by atoms with E-state index in [1.807, 2.05) is 33.8 Å². The van der Waals surface area contributed by atoms with Gasteiger partial charge in [0.05, 0.1) is 0 Å². The highest BCUT2D eigenvalue weighted by Crippen LogP contribution is 2.32. The molecule has 1 rings (SSSR count). The molecule has 17 heavy (non-hydrogen) atoms. The van der Waals surface area contributed by atoms with Crippen LogP contribution in [0, 0.1) is 5.92 Å². The number of likely N-dealkylation sites (tertiary alicyclic amines) is 1. The average Bonchev–Trinajstić information content (AvgIpc) is 2.39. The number of hydrogen-bond donors (Lipinski definition) is 1. The highest BCUT2D eigenvalue weighted by atomic mass is 16.6. The van der Waals surface area contributed by atoms with Crippen LogP contribution in [0.25, 0.3) is 0 Å². The van der Waals surface area contributed by atoms with Gasteiger partial charge in [0.25, 0.3) is 0 Å². The first-order valence-electron chi connectivity index (χ1n) is 6.06. The van der Waals surface area contributed by atoms with Crippen LogP contribution < -0.4 is 0 Å². The molecule has 0 aromatic rings. The first-order chi connectivity index (χ1) is 7.76. The molecule has 3 atom stereocenters. The van der Waals surface area contributed by atoms with Gasteiger partial charge in [-0.05, 0) is 46.5 Å². The molecule has 98 valence electrons. The summed E-state index contributed by atoms with van der Waals surface area (Å²) in [4.78, 5) is 13.4. The summed E-state index contributed by atoms with van der Waals surface area (Å²) in [5, 5.41) is 9.91. The average molecular weight is 241 g/mol. The maximum Gasteiger partial charge on any atom is 0.412 e. The Labute approximate surface area is 103 Å². The van der Waals surface area contributed by atoms with E-state index in [4.69, 9.17) is 4.74 Å². The van der Waals surface area contributed by atoms with E-state index in [-0.39, 0.29) is 12.0 Å². The summed E-state index contributed by atoms with van der Waals surface area (Å²) in [5.41, 5.74) is -0.535. The number of aliphatic hydroxyl groups is 1. The molecular formula is C13H23NO3. The topological polar surface area (TPSA) is 49.8 Å². The van der Waals surface area contributed by atoms with Gasteiger partial charge in [0.2, 0.25) is 0 Å². The monoisotopic (exact) mass is 241 g/mol. The highest BCUT2D eigenvalue weighted by Gasteiger charge is 2.41. The van der Waals surface area contributed by atoms with Crippen molar-refractivity contribution in [3.63, 3.8) is 0 Å². The van der Waals surface area contributed by atoms with Crippen molar-refractivity contribution in [1.29, 1.82) is 0 Å². The van der Waals surface area contributed by atoms with Gasteiger partial charge in [0.1, 0.15) is 11.8 Å². The van der Waals surface area contributed by atoms with Crippen molar-refractivity contribution in [3.8, 4) is 0 Å². The predicted octanol–water partition coefficient (Wildman–Crippen LogP) is 2.53.